The van der Waals surface area contributed by atoms with Crippen molar-refractivity contribution in [1.29, 1.82) is 10.5 Å². The van der Waals surface area contributed by atoms with E-state index >= 15 is 0 Å². The molecule has 13 heavy (non-hydrogen) atoms. The van der Waals surface area contributed by atoms with Crippen LogP contribution >= 0.6 is 0 Å². The van der Waals surface area contributed by atoms with Gasteiger partial charge in [0, 0.05) is 14.1 Å². The minimum absolute atomic E-state index is 0.00120. The first kappa shape index (κ1) is 11.3. The van der Waals surface area contributed by atoms with Crippen molar-refractivity contribution < 1.29 is 4.74 Å². The van der Waals surface area contributed by atoms with E-state index in [1.54, 1.807) is 31.1 Å². The lowest BCUT2D eigenvalue weighted by molar-refractivity contribution is 0.0899. The fourth-order valence-corrected chi connectivity index (χ4v) is 0.732. The van der Waals surface area contributed by atoms with Gasteiger partial charge in [-0.25, -0.2) is 0 Å². The number of nitrogens with zero attached hydrogens (tertiary/aromatic N) is 3. The highest BCUT2D eigenvalue weighted by molar-refractivity contribution is 5.37. The van der Waals surface area contributed by atoms with Gasteiger partial charge in [-0.1, -0.05) is 0 Å². The lowest BCUT2D eigenvalue weighted by Crippen LogP contribution is -2.19. The molecule has 0 saturated carbocycles. The van der Waals surface area contributed by atoms with Crippen LogP contribution in [0.3, 0.4) is 0 Å². The highest BCUT2D eigenvalue weighted by atomic mass is 16.5. The molecule has 0 bridgehead atoms. The normalized spacial score (nSPS) is 8.54. The van der Waals surface area contributed by atoms with Crippen LogP contribution in [0, 0.1) is 22.7 Å². The molecule has 0 aromatic carbocycles. The average molecular weight is 179 g/mol. The molecule has 0 aliphatic heterocycles. The highest BCUT2D eigenvalue weighted by Gasteiger charge is 2.11. The van der Waals surface area contributed by atoms with Crippen molar-refractivity contribution in [2.45, 2.75) is 20.0 Å². The van der Waals surface area contributed by atoms with Crippen LogP contribution in [0.1, 0.15) is 13.8 Å². The van der Waals surface area contributed by atoms with Crippen molar-refractivity contribution in [2.75, 3.05) is 14.1 Å². The van der Waals surface area contributed by atoms with Crippen molar-refractivity contribution >= 4 is 0 Å². The summed E-state index contributed by atoms with van der Waals surface area (Å²) in [6, 6.07) is 3.58. The zero-order valence-corrected chi connectivity index (χ0v) is 8.33. The van der Waals surface area contributed by atoms with Crippen LogP contribution in [0.4, 0.5) is 0 Å². The van der Waals surface area contributed by atoms with E-state index in [4.69, 9.17) is 15.3 Å². The molecule has 0 amide bonds. The Balaban J connectivity index is 4.92. The SMILES string of the molecule is CC(C)OC(=C(C#N)C#N)N(C)C. The minimum atomic E-state index is -0.0471. The molecule has 0 aromatic rings. The van der Waals surface area contributed by atoms with E-state index in [-0.39, 0.29) is 11.7 Å². The number of hydrogen-bond donors (Lipinski definition) is 0. The summed E-state index contributed by atoms with van der Waals surface area (Å²) in [7, 11) is 3.46. The quantitative estimate of drug-likeness (QED) is 0.483. The third kappa shape index (κ3) is 3.48. The average Bonchev–Trinajstić information content (AvgIpc) is 2.04. The van der Waals surface area contributed by atoms with E-state index in [1.165, 1.54) is 0 Å². The third-order valence-corrected chi connectivity index (χ3v) is 1.19. The Morgan fingerprint density at radius 2 is 1.69 bits per heavy atom. The van der Waals surface area contributed by atoms with Crippen LogP contribution in [0.2, 0.25) is 0 Å². The van der Waals surface area contributed by atoms with E-state index < -0.39 is 0 Å². The third-order valence-electron chi connectivity index (χ3n) is 1.19. The van der Waals surface area contributed by atoms with Gasteiger partial charge in [-0.3, -0.25) is 0 Å². The van der Waals surface area contributed by atoms with E-state index in [9.17, 15) is 0 Å². The van der Waals surface area contributed by atoms with Crippen LogP contribution in [-0.4, -0.2) is 25.1 Å². The Hall–Kier alpha value is -1.68. The molecule has 70 valence electrons. The maximum atomic E-state index is 8.62. The molecule has 0 aliphatic carbocycles. The first-order valence-electron chi connectivity index (χ1n) is 3.91. The summed E-state index contributed by atoms with van der Waals surface area (Å²) in [6.45, 7) is 3.69. The Labute approximate surface area is 78.6 Å². The molecular weight excluding hydrogens is 166 g/mol. The van der Waals surface area contributed by atoms with Gasteiger partial charge in [0.1, 0.15) is 12.1 Å². The first-order valence-corrected chi connectivity index (χ1v) is 3.91. The summed E-state index contributed by atoms with van der Waals surface area (Å²) in [5.41, 5.74) is -0.00120. The van der Waals surface area contributed by atoms with Gasteiger partial charge in [0.15, 0.2) is 5.57 Å². The Morgan fingerprint density at radius 3 is 1.92 bits per heavy atom. The van der Waals surface area contributed by atoms with Crippen molar-refractivity contribution in [3.05, 3.63) is 11.5 Å². The number of rotatable bonds is 3. The van der Waals surface area contributed by atoms with Gasteiger partial charge in [0.2, 0.25) is 5.88 Å². The standard InChI is InChI=1S/C9H13N3O/c1-7(2)13-9(12(3)4)8(5-10)6-11/h7H,1-4H3. The van der Waals surface area contributed by atoms with Crippen molar-refractivity contribution in [3.8, 4) is 12.1 Å². The molecule has 0 aliphatic rings. The molecule has 0 heterocycles. The van der Waals surface area contributed by atoms with Crippen LogP contribution in [0.5, 0.6) is 0 Å². The van der Waals surface area contributed by atoms with E-state index in [0.29, 0.717) is 5.88 Å². The molecular formula is C9H13N3O. The molecule has 0 radical (unpaired) electrons. The maximum absolute atomic E-state index is 8.62. The zero-order chi connectivity index (χ0) is 10.4. The molecule has 0 spiro atoms. The van der Waals surface area contributed by atoms with Gasteiger partial charge in [0.25, 0.3) is 0 Å². The summed E-state index contributed by atoms with van der Waals surface area (Å²) >= 11 is 0. The predicted octanol–water partition coefficient (Wildman–Crippen LogP) is 1.23. The van der Waals surface area contributed by atoms with Gasteiger partial charge in [-0.05, 0) is 13.8 Å². The van der Waals surface area contributed by atoms with E-state index in [0.717, 1.165) is 0 Å². The second-order valence-electron chi connectivity index (χ2n) is 2.96. The van der Waals surface area contributed by atoms with Gasteiger partial charge in [-0.2, -0.15) is 10.5 Å². The summed E-state index contributed by atoms with van der Waals surface area (Å²) < 4.78 is 5.32. The lowest BCUT2D eigenvalue weighted by Gasteiger charge is -2.20. The number of ether oxygens (including phenoxy) is 1. The summed E-state index contributed by atoms with van der Waals surface area (Å²) in [5, 5.41) is 17.2. The molecule has 4 heteroatoms. The van der Waals surface area contributed by atoms with E-state index in [2.05, 4.69) is 0 Å². The van der Waals surface area contributed by atoms with Crippen LogP contribution in [0.25, 0.3) is 0 Å². The summed E-state index contributed by atoms with van der Waals surface area (Å²) in [4.78, 5) is 1.61. The van der Waals surface area contributed by atoms with Crippen molar-refractivity contribution in [2.24, 2.45) is 0 Å². The number of hydrogen-bond acceptors (Lipinski definition) is 4. The molecule has 0 saturated heterocycles. The van der Waals surface area contributed by atoms with Crippen molar-refractivity contribution in [3.63, 3.8) is 0 Å². The lowest BCUT2D eigenvalue weighted by atomic mass is 10.3. The monoisotopic (exact) mass is 179 g/mol. The van der Waals surface area contributed by atoms with Crippen LogP contribution in [-0.2, 0) is 4.74 Å². The van der Waals surface area contributed by atoms with Crippen molar-refractivity contribution in [1.82, 2.24) is 4.90 Å². The van der Waals surface area contributed by atoms with Gasteiger partial charge >= 0.3 is 0 Å². The number of nitriles is 2. The molecule has 0 aromatic heterocycles. The van der Waals surface area contributed by atoms with Gasteiger partial charge in [-0.15, -0.1) is 0 Å². The highest BCUT2D eigenvalue weighted by Crippen LogP contribution is 2.10. The molecule has 0 unspecified atom stereocenters. The first-order chi connectivity index (χ1) is 6.02. The van der Waals surface area contributed by atoms with Crippen LogP contribution < -0.4 is 0 Å². The largest absolute Gasteiger partial charge is 0.475 e. The Morgan fingerprint density at radius 1 is 1.23 bits per heavy atom. The summed E-state index contributed by atoms with van der Waals surface area (Å²) in [5.74, 6) is 0.319. The molecule has 4 nitrogen and oxygen atoms in total. The van der Waals surface area contributed by atoms with Crippen LogP contribution in [0.15, 0.2) is 11.5 Å². The van der Waals surface area contributed by atoms with Gasteiger partial charge < -0.3 is 9.64 Å². The number of allylic oxidation sites excluding steroid dienone is 1. The zero-order valence-electron chi connectivity index (χ0n) is 8.33. The molecule has 0 fully saturated rings. The van der Waals surface area contributed by atoms with Gasteiger partial charge in [0.05, 0.1) is 6.10 Å². The smallest absolute Gasteiger partial charge is 0.218 e. The Bertz CT molecular complexity index is 262. The second-order valence-corrected chi connectivity index (χ2v) is 2.96. The Kier molecular flexibility index (Phi) is 4.40. The second kappa shape index (κ2) is 5.05. The van der Waals surface area contributed by atoms with E-state index in [1.807, 2.05) is 13.8 Å². The molecule has 0 rings (SSSR count). The fraction of sp³-hybridized carbons (Fsp3) is 0.556. The fourth-order valence-electron chi connectivity index (χ4n) is 0.732. The maximum Gasteiger partial charge on any atom is 0.218 e. The topological polar surface area (TPSA) is 60.0 Å². The predicted molar refractivity (Wildman–Crippen MR) is 48.2 cm³/mol. The molecule has 0 atom stereocenters. The summed E-state index contributed by atoms with van der Waals surface area (Å²) in [6.07, 6.45) is -0.0471. The minimum Gasteiger partial charge on any atom is -0.475 e. The molecule has 0 N–H and O–H groups in total.